The number of ether oxygens (including phenoxy) is 2. The first kappa shape index (κ1) is 32.6. The van der Waals surface area contributed by atoms with Crippen LogP contribution >= 0.6 is 0 Å². The Morgan fingerprint density at radius 3 is 1.92 bits per heavy atom. The summed E-state index contributed by atoms with van der Waals surface area (Å²) in [5.41, 5.74) is 0.726. The van der Waals surface area contributed by atoms with E-state index in [1.165, 1.54) is 6.07 Å². The van der Waals surface area contributed by atoms with Crippen molar-refractivity contribution in [1.82, 2.24) is 4.57 Å². The number of aromatic nitrogens is 1. The van der Waals surface area contributed by atoms with Crippen LogP contribution in [-0.4, -0.2) is 50.2 Å². The highest BCUT2D eigenvalue weighted by atomic mass is 16.6. The van der Waals surface area contributed by atoms with Gasteiger partial charge in [-0.2, -0.15) is 0 Å². The molecule has 5 aromatic carbocycles. The third kappa shape index (κ3) is 5.78. The number of rotatable bonds is 10. The van der Waals surface area contributed by atoms with Crippen LogP contribution in [0.25, 0.3) is 44.6 Å². The molecule has 254 valence electrons. The molecule has 1 aliphatic rings. The van der Waals surface area contributed by atoms with Gasteiger partial charge in [0.15, 0.2) is 0 Å². The van der Waals surface area contributed by atoms with Crippen molar-refractivity contribution in [3.63, 3.8) is 0 Å². The molecule has 14 heteroatoms. The number of nitrogens with zero attached hydrogens (tertiary/aromatic N) is 4. The number of aliphatic hydroxyl groups is 1. The number of methoxy groups -OCH3 is 1. The average molecular weight is 687 g/mol. The van der Waals surface area contributed by atoms with Gasteiger partial charge in [-0.15, -0.1) is 0 Å². The topological polar surface area (TPSA) is 190 Å². The molecule has 1 N–H and O–H groups in total. The maximum Gasteiger partial charge on any atom is 0.338 e. The first-order valence-electron chi connectivity index (χ1n) is 15.5. The summed E-state index contributed by atoms with van der Waals surface area (Å²) in [6, 6.07) is 26.6. The second-order valence-corrected chi connectivity index (χ2v) is 11.8. The third-order valence-corrected chi connectivity index (χ3v) is 8.79. The van der Waals surface area contributed by atoms with Crippen LogP contribution in [0.5, 0.6) is 5.75 Å². The summed E-state index contributed by atoms with van der Waals surface area (Å²) in [6.45, 7) is 0.268. The molecular weight excluding hydrogens is 660 g/mol. The van der Waals surface area contributed by atoms with E-state index in [0.29, 0.717) is 11.3 Å². The number of fused-ring (bicyclic) bond motifs is 6. The van der Waals surface area contributed by atoms with Crippen LogP contribution in [0.2, 0.25) is 0 Å². The summed E-state index contributed by atoms with van der Waals surface area (Å²) in [6.07, 6.45) is 0.702. The van der Waals surface area contributed by atoms with Crippen LogP contribution in [-0.2, 0) is 11.3 Å². The lowest BCUT2D eigenvalue weighted by atomic mass is 9.96. The number of nitro benzene ring substituents is 3. The van der Waals surface area contributed by atoms with Crippen molar-refractivity contribution in [2.45, 2.75) is 12.6 Å². The van der Waals surface area contributed by atoms with E-state index >= 15 is 0 Å². The third-order valence-electron chi connectivity index (χ3n) is 8.79. The molecule has 0 radical (unpaired) electrons. The highest BCUT2D eigenvalue weighted by molar-refractivity contribution is 6.15. The van der Waals surface area contributed by atoms with Crippen molar-refractivity contribution in [3.05, 3.63) is 150 Å². The van der Waals surface area contributed by atoms with Crippen molar-refractivity contribution in [2.24, 2.45) is 0 Å². The lowest BCUT2D eigenvalue weighted by molar-refractivity contribution is -0.393. The number of hydrogen-bond donors (Lipinski definition) is 1. The Morgan fingerprint density at radius 2 is 1.35 bits per heavy atom. The quantitative estimate of drug-likeness (QED) is 0.0867. The van der Waals surface area contributed by atoms with Gasteiger partial charge in [0.05, 0.1) is 45.6 Å². The fourth-order valence-corrected chi connectivity index (χ4v) is 6.60. The van der Waals surface area contributed by atoms with Crippen molar-refractivity contribution >= 4 is 56.5 Å². The van der Waals surface area contributed by atoms with Crippen molar-refractivity contribution in [1.29, 1.82) is 0 Å². The smallest absolute Gasteiger partial charge is 0.338 e. The van der Waals surface area contributed by atoms with Crippen LogP contribution in [0.3, 0.4) is 0 Å². The number of carbonyl (C=O) groups excluding carboxylic acids is 1. The van der Waals surface area contributed by atoms with E-state index < -0.39 is 43.9 Å². The minimum absolute atomic E-state index is 0.00696. The standard InChI is InChI=1S/C37H26N4O10/c1-50-37(43)31-17-22(39(44)45)15-29-28(30-16-23(40(46)47)18-34(41(48)49)36(30)35(29)31)14-21-10-12-25(13-11-21)51-20-24(42)19-38-32-8-4-2-6-26(32)27-7-3-5-9-33(27)38/h2-18,24,42H,19-20H2,1H3/b28-14+/t24-/m1/s1. The van der Waals surface area contributed by atoms with E-state index in [-0.39, 0.29) is 46.5 Å². The van der Waals surface area contributed by atoms with Crippen LogP contribution < -0.4 is 4.74 Å². The highest BCUT2D eigenvalue weighted by Crippen LogP contribution is 2.53. The van der Waals surface area contributed by atoms with Gasteiger partial charge >= 0.3 is 5.97 Å². The molecule has 0 amide bonds. The molecule has 0 fully saturated rings. The van der Waals surface area contributed by atoms with Crippen molar-refractivity contribution in [3.8, 4) is 16.9 Å². The lowest BCUT2D eigenvalue weighted by Crippen LogP contribution is -2.23. The Bertz CT molecular complexity index is 2420. The molecule has 7 rings (SSSR count). The number of nitro groups is 3. The molecule has 0 bridgehead atoms. The summed E-state index contributed by atoms with van der Waals surface area (Å²) in [7, 11) is 1.07. The Balaban J connectivity index is 1.22. The molecule has 0 aliphatic heterocycles. The summed E-state index contributed by atoms with van der Waals surface area (Å²) in [5.74, 6) is -0.544. The monoisotopic (exact) mass is 686 g/mol. The fraction of sp³-hybridized carbons (Fsp3) is 0.108. The number of non-ortho nitro benzene ring substituents is 2. The Labute approximate surface area is 287 Å². The first-order valence-corrected chi connectivity index (χ1v) is 15.5. The molecule has 1 aromatic heterocycles. The lowest BCUT2D eigenvalue weighted by Gasteiger charge is -2.15. The van der Waals surface area contributed by atoms with Crippen molar-refractivity contribution in [2.75, 3.05) is 13.7 Å². The number of aliphatic hydroxyl groups excluding tert-OH is 1. The van der Waals surface area contributed by atoms with Gasteiger partial charge in [0.2, 0.25) is 0 Å². The second-order valence-electron chi connectivity index (χ2n) is 11.8. The maximum atomic E-state index is 12.9. The van der Waals surface area contributed by atoms with Crippen LogP contribution in [0.1, 0.15) is 27.0 Å². The van der Waals surface area contributed by atoms with E-state index in [1.807, 2.05) is 48.5 Å². The van der Waals surface area contributed by atoms with E-state index in [1.54, 1.807) is 30.3 Å². The number of benzene rings is 5. The van der Waals surface area contributed by atoms with Gasteiger partial charge in [0.25, 0.3) is 17.1 Å². The zero-order valence-electron chi connectivity index (χ0n) is 26.7. The average Bonchev–Trinajstić information content (AvgIpc) is 3.62. The van der Waals surface area contributed by atoms with Crippen molar-refractivity contribution < 1.29 is 34.1 Å². The molecule has 1 atom stereocenters. The predicted octanol–water partition coefficient (Wildman–Crippen LogP) is 7.31. The van der Waals surface area contributed by atoms with E-state index in [9.17, 15) is 40.2 Å². The zero-order valence-corrected chi connectivity index (χ0v) is 26.7. The van der Waals surface area contributed by atoms with Crippen LogP contribution in [0, 0.1) is 30.3 Å². The minimum atomic E-state index is -0.975. The van der Waals surface area contributed by atoms with E-state index in [2.05, 4.69) is 4.57 Å². The van der Waals surface area contributed by atoms with Gasteiger partial charge in [-0.25, -0.2) is 4.79 Å². The largest absolute Gasteiger partial charge is 0.491 e. The summed E-state index contributed by atoms with van der Waals surface area (Å²) < 4.78 is 12.8. The Morgan fingerprint density at radius 1 is 0.784 bits per heavy atom. The van der Waals surface area contributed by atoms with Gasteiger partial charge in [0.1, 0.15) is 18.5 Å². The summed E-state index contributed by atoms with van der Waals surface area (Å²) in [5, 5.41) is 49.0. The van der Waals surface area contributed by atoms with Gasteiger partial charge in [0, 0.05) is 51.1 Å². The molecule has 0 spiro atoms. The number of hydrogen-bond acceptors (Lipinski definition) is 10. The predicted molar refractivity (Wildman–Crippen MR) is 188 cm³/mol. The number of para-hydroxylation sites is 2. The highest BCUT2D eigenvalue weighted by Gasteiger charge is 2.38. The summed E-state index contributed by atoms with van der Waals surface area (Å²) in [4.78, 5) is 46.4. The summed E-state index contributed by atoms with van der Waals surface area (Å²) >= 11 is 0. The van der Waals surface area contributed by atoms with E-state index in [0.717, 1.165) is 47.1 Å². The van der Waals surface area contributed by atoms with Gasteiger partial charge < -0.3 is 19.1 Å². The number of esters is 1. The molecule has 0 saturated carbocycles. The zero-order chi connectivity index (χ0) is 36.0. The molecule has 6 aromatic rings. The Kier molecular flexibility index (Phi) is 8.21. The van der Waals surface area contributed by atoms with Crippen LogP contribution in [0.4, 0.5) is 17.1 Å². The first-order chi connectivity index (χ1) is 24.5. The van der Waals surface area contributed by atoms with E-state index in [4.69, 9.17) is 9.47 Å². The maximum absolute atomic E-state index is 12.9. The van der Waals surface area contributed by atoms with Gasteiger partial charge in [-0.3, -0.25) is 30.3 Å². The van der Waals surface area contributed by atoms with Crippen LogP contribution in [0.15, 0.2) is 97.1 Å². The normalized spacial score (nSPS) is 13.2. The molecular formula is C37H26N4O10. The second kappa shape index (κ2) is 12.8. The SMILES string of the molecule is COC(=O)c1cc([N+](=O)[O-])cc2c1-c1c(cc([N+](=O)[O-])cc1[N+](=O)[O-])/C2=C/c1ccc(OC[C@H](O)Cn2c3ccccc3c3ccccc32)cc1. The molecule has 51 heavy (non-hydrogen) atoms. The molecule has 1 heterocycles. The molecule has 1 aliphatic carbocycles. The number of carbonyl (C=O) groups is 1. The Hall–Kier alpha value is -6.93. The van der Waals surface area contributed by atoms with Gasteiger partial charge in [-0.1, -0.05) is 48.5 Å². The minimum Gasteiger partial charge on any atom is -0.491 e. The molecule has 14 nitrogen and oxygen atoms in total. The molecule has 0 saturated heterocycles. The van der Waals surface area contributed by atoms with Gasteiger partial charge in [-0.05, 0) is 47.0 Å². The fourth-order valence-electron chi connectivity index (χ4n) is 6.60. The molecule has 0 unspecified atom stereocenters.